The van der Waals surface area contributed by atoms with Crippen molar-refractivity contribution in [3.63, 3.8) is 0 Å². The average molecular weight is 375 g/mol. The molecular formula is C19H21ClN3OS+. The lowest BCUT2D eigenvalue weighted by Crippen LogP contribution is -2.49. The third kappa shape index (κ3) is 3.45. The Hall–Kier alpha value is -1.82. The van der Waals surface area contributed by atoms with Crippen LogP contribution in [0.15, 0.2) is 48.0 Å². The van der Waals surface area contributed by atoms with E-state index in [9.17, 15) is 4.79 Å². The number of nitrogens with zero attached hydrogens (tertiary/aromatic N) is 2. The predicted octanol–water partition coefficient (Wildman–Crippen LogP) is 3.92. The Kier molecular flexibility index (Phi) is 4.79. The van der Waals surface area contributed by atoms with Crippen molar-refractivity contribution >= 4 is 37.2 Å². The molecule has 1 N–H and O–H groups in total. The first-order valence-corrected chi connectivity index (χ1v) is 10.7. The number of fused-ring (bicyclic) bond motifs is 1. The Balaban J connectivity index is 1.36. The molecule has 0 aliphatic carbocycles. The minimum atomic E-state index is -0.205. The normalized spacial score (nSPS) is 16.5. The van der Waals surface area contributed by atoms with Gasteiger partial charge in [-0.2, -0.15) is 0 Å². The molecular weight excluding hydrogens is 354 g/mol. The van der Waals surface area contributed by atoms with E-state index in [1.807, 2.05) is 41.4 Å². The molecule has 1 fully saturated rings. The zero-order valence-electron chi connectivity index (χ0n) is 14.0. The molecule has 4 nitrogen and oxygen atoms in total. The van der Waals surface area contributed by atoms with E-state index in [1.54, 1.807) is 0 Å². The summed E-state index contributed by atoms with van der Waals surface area (Å²) in [6.45, 7) is 4.42. The van der Waals surface area contributed by atoms with Crippen LogP contribution >= 0.6 is 20.4 Å². The summed E-state index contributed by atoms with van der Waals surface area (Å²) in [7, 11) is 6.06. The number of rotatable bonds is 4. The largest absolute Gasteiger partial charge is 0.361 e. The van der Waals surface area contributed by atoms with Crippen LogP contribution in [0, 0.1) is 0 Å². The van der Waals surface area contributed by atoms with E-state index in [0.29, 0.717) is 0 Å². The number of thiophene rings is 1. The number of hydrogen-bond acceptors (Lipinski definition) is 2. The van der Waals surface area contributed by atoms with E-state index in [-0.39, 0.29) is 15.6 Å². The van der Waals surface area contributed by atoms with Crippen LogP contribution in [-0.2, 0) is 6.42 Å². The number of benzene rings is 1. The summed E-state index contributed by atoms with van der Waals surface area (Å²) < 4.78 is 0. The summed E-state index contributed by atoms with van der Waals surface area (Å²) in [5, 5.41) is 3.06. The van der Waals surface area contributed by atoms with Crippen molar-refractivity contribution in [2.45, 2.75) is 6.42 Å². The molecule has 1 atom stereocenters. The quantitative estimate of drug-likeness (QED) is 0.703. The molecule has 1 aromatic carbocycles. The number of H-pyrrole nitrogens is 1. The second-order valence-corrected chi connectivity index (χ2v) is 8.74. The predicted molar refractivity (Wildman–Crippen MR) is 105 cm³/mol. The highest BCUT2D eigenvalue weighted by molar-refractivity contribution is 7.61. The minimum absolute atomic E-state index is 0.134. The first-order chi connectivity index (χ1) is 12.2. The van der Waals surface area contributed by atoms with Gasteiger partial charge in [0.1, 0.15) is 0 Å². The second-order valence-electron chi connectivity index (χ2n) is 6.37. The highest BCUT2D eigenvalue weighted by Crippen LogP contribution is 2.29. The molecule has 25 heavy (non-hydrogen) atoms. The number of aromatic amines is 1. The fraction of sp³-hybridized carbons (Fsp3) is 0.316. The van der Waals surface area contributed by atoms with Crippen LogP contribution in [0.5, 0.6) is 0 Å². The van der Waals surface area contributed by atoms with Crippen molar-refractivity contribution in [2.75, 3.05) is 32.7 Å². The number of hydrogen-bond donors (Lipinski definition) is 1. The summed E-state index contributed by atoms with van der Waals surface area (Å²) in [5.41, 5.74) is 1.81. The maximum absolute atomic E-state index is 12.9. The molecule has 1 unspecified atom stereocenters. The molecule has 130 valence electrons. The maximum Gasteiger partial charge on any atom is 0.254 e. The molecule has 2 aromatic heterocycles. The molecule has 0 saturated carbocycles. The SMILES string of the molecule is O=C(c1cccc2[nH]ccc12)N1CCN(CCc2ccc[s+]2Cl)CC1. The Morgan fingerprint density at radius 2 is 1.96 bits per heavy atom. The zero-order valence-corrected chi connectivity index (χ0v) is 15.5. The van der Waals surface area contributed by atoms with Crippen LogP contribution in [-0.4, -0.2) is 53.4 Å². The van der Waals surface area contributed by atoms with Gasteiger partial charge in [-0.05, 0) is 30.3 Å². The standard InChI is InChI=1S/C19H20ClN3OS/c20-25-14-2-3-15(25)7-9-22-10-12-23(13-11-22)19(24)17-4-1-5-18-16(17)6-8-21-18/h1-6,8,14H,7,9-13H2/p+1. The lowest BCUT2D eigenvalue weighted by molar-refractivity contribution is 0.0640. The molecule has 1 aliphatic rings. The summed E-state index contributed by atoms with van der Waals surface area (Å²) in [6.07, 6.45) is 2.90. The number of halogens is 1. The maximum atomic E-state index is 12.9. The molecule has 0 spiro atoms. The molecule has 1 amide bonds. The van der Waals surface area contributed by atoms with Gasteiger partial charge < -0.3 is 9.88 Å². The number of carbonyl (C=O) groups is 1. The average Bonchev–Trinajstić information content (AvgIpc) is 3.28. The smallest absolute Gasteiger partial charge is 0.254 e. The summed E-state index contributed by atoms with van der Waals surface area (Å²) in [4.78, 5) is 21.8. The van der Waals surface area contributed by atoms with Crippen molar-refractivity contribution in [2.24, 2.45) is 0 Å². The second kappa shape index (κ2) is 7.20. The van der Waals surface area contributed by atoms with E-state index in [2.05, 4.69) is 21.3 Å². The Morgan fingerprint density at radius 3 is 2.72 bits per heavy atom. The summed E-state index contributed by atoms with van der Waals surface area (Å²) in [5.74, 6) is 0.134. The monoisotopic (exact) mass is 374 g/mol. The Labute approximate surface area is 154 Å². The molecule has 4 rings (SSSR count). The van der Waals surface area contributed by atoms with Crippen LogP contribution < -0.4 is 0 Å². The van der Waals surface area contributed by atoms with Gasteiger partial charge in [-0.3, -0.25) is 9.69 Å². The van der Waals surface area contributed by atoms with Crippen LogP contribution in [0.3, 0.4) is 0 Å². The van der Waals surface area contributed by atoms with E-state index in [1.165, 1.54) is 4.88 Å². The van der Waals surface area contributed by atoms with Gasteiger partial charge >= 0.3 is 0 Å². The van der Waals surface area contributed by atoms with Crippen LogP contribution in [0.4, 0.5) is 0 Å². The van der Waals surface area contributed by atoms with Gasteiger partial charge in [0.25, 0.3) is 5.91 Å². The molecule has 1 saturated heterocycles. The van der Waals surface area contributed by atoms with Crippen molar-refractivity contribution in [1.82, 2.24) is 14.8 Å². The van der Waals surface area contributed by atoms with Crippen molar-refractivity contribution < 1.29 is 4.79 Å². The molecule has 0 bridgehead atoms. The van der Waals surface area contributed by atoms with Gasteiger partial charge in [0.15, 0.2) is 10.3 Å². The van der Waals surface area contributed by atoms with E-state index >= 15 is 0 Å². The highest BCUT2D eigenvalue weighted by atomic mass is 35.7. The van der Waals surface area contributed by atoms with Crippen LogP contribution in [0.2, 0.25) is 0 Å². The fourth-order valence-corrected chi connectivity index (χ4v) is 4.88. The van der Waals surface area contributed by atoms with Gasteiger partial charge in [-0.25, -0.2) is 0 Å². The van der Waals surface area contributed by atoms with Crippen molar-refractivity contribution in [1.29, 1.82) is 0 Å². The van der Waals surface area contributed by atoms with Crippen molar-refractivity contribution in [3.05, 3.63) is 58.4 Å². The van der Waals surface area contributed by atoms with Gasteiger partial charge in [0.05, 0.1) is 9.68 Å². The van der Waals surface area contributed by atoms with E-state index in [0.717, 1.165) is 55.6 Å². The van der Waals surface area contributed by atoms with Gasteiger partial charge in [0.2, 0.25) is 10.7 Å². The highest BCUT2D eigenvalue weighted by Gasteiger charge is 2.24. The van der Waals surface area contributed by atoms with Gasteiger partial charge in [-0.15, -0.1) is 0 Å². The number of piperazine rings is 1. The topological polar surface area (TPSA) is 39.3 Å². The van der Waals surface area contributed by atoms with E-state index in [4.69, 9.17) is 10.7 Å². The zero-order chi connectivity index (χ0) is 17.2. The van der Waals surface area contributed by atoms with Crippen molar-refractivity contribution in [3.8, 4) is 0 Å². The number of nitrogens with one attached hydrogen (secondary N) is 1. The summed E-state index contributed by atoms with van der Waals surface area (Å²) in [6, 6.07) is 12.0. The van der Waals surface area contributed by atoms with Crippen LogP contribution in [0.1, 0.15) is 15.2 Å². The Morgan fingerprint density at radius 1 is 1.12 bits per heavy atom. The number of carbonyl (C=O) groups excluding carboxylic acids is 1. The summed E-state index contributed by atoms with van der Waals surface area (Å²) >= 11 is 0. The lowest BCUT2D eigenvalue weighted by atomic mass is 10.1. The van der Waals surface area contributed by atoms with Crippen LogP contribution in [0.25, 0.3) is 10.9 Å². The number of amides is 1. The van der Waals surface area contributed by atoms with E-state index < -0.39 is 0 Å². The Bertz CT molecular complexity index is 880. The third-order valence-electron chi connectivity index (χ3n) is 4.89. The first kappa shape index (κ1) is 16.6. The lowest BCUT2D eigenvalue weighted by Gasteiger charge is -2.34. The third-order valence-corrected chi connectivity index (χ3v) is 7.03. The van der Waals surface area contributed by atoms with Gasteiger partial charge in [0, 0.05) is 61.8 Å². The number of aromatic nitrogens is 1. The first-order valence-electron chi connectivity index (χ1n) is 8.57. The molecule has 3 heterocycles. The fourth-order valence-electron chi connectivity index (χ4n) is 3.43. The molecule has 0 radical (unpaired) electrons. The molecule has 1 aliphatic heterocycles. The minimum Gasteiger partial charge on any atom is -0.361 e. The van der Waals surface area contributed by atoms with Gasteiger partial charge in [-0.1, -0.05) is 6.07 Å². The molecule has 6 heteroatoms. The molecule has 3 aromatic rings.